The molecule has 9 heteroatoms. The van der Waals surface area contributed by atoms with Crippen molar-refractivity contribution in [3.63, 3.8) is 0 Å². The van der Waals surface area contributed by atoms with Crippen LogP contribution >= 0.6 is 0 Å². The molecule has 0 spiro atoms. The van der Waals surface area contributed by atoms with Crippen molar-refractivity contribution in [1.29, 1.82) is 0 Å². The fourth-order valence-corrected chi connectivity index (χ4v) is 8.65. The van der Waals surface area contributed by atoms with Gasteiger partial charge in [0, 0.05) is 43.6 Å². The van der Waals surface area contributed by atoms with E-state index in [1.54, 1.807) is 31.0 Å². The summed E-state index contributed by atoms with van der Waals surface area (Å²) in [4.78, 5) is 25.6. The number of nitrogens with zero attached hydrogens (tertiary/aromatic N) is 6. The summed E-state index contributed by atoms with van der Waals surface area (Å²) >= 11 is 0. The number of aryl methyl sites for hydroxylation is 2. The summed E-state index contributed by atoms with van der Waals surface area (Å²) in [7, 11) is 0. The van der Waals surface area contributed by atoms with Gasteiger partial charge >= 0.3 is 40.2 Å². The van der Waals surface area contributed by atoms with Crippen molar-refractivity contribution in [2.24, 2.45) is 0 Å². The van der Waals surface area contributed by atoms with Gasteiger partial charge in [0.2, 0.25) is 0 Å². The number of alkyl halides is 1. The first-order chi connectivity index (χ1) is 43.6. The summed E-state index contributed by atoms with van der Waals surface area (Å²) in [5.74, 6) is 0. The van der Waals surface area contributed by atoms with Crippen molar-refractivity contribution >= 4 is 0 Å². The van der Waals surface area contributed by atoms with E-state index >= 15 is 0 Å². The molecule has 0 bridgehead atoms. The van der Waals surface area contributed by atoms with Crippen molar-refractivity contribution in [3.05, 3.63) is 376 Å². The molecule has 0 N–H and O–H groups in total. The molecule has 0 amide bonds. The van der Waals surface area contributed by atoms with Crippen molar-refractivity contribution in [2.75, 3.05) is 6.67 Å². The van der Waals surface area contributed by atoms with E-state index in [0.717, 1.165) is 84.2 Å². The van der Waals surface area contributed by atoms with Gasteiger partial charge in [-0.2, -0.15) is 0 Å². The zero-order valence-electron chi connectivity index (χ0n) is 49.3. The largest absolute Gasteiger partial charge is 3.00 e. The number of aromatic nitrogens is 6. The average Bonchev–Trinajstić information content (AvgIpc) is 3.77. The molecule has 0 saturated carbocycles. The second kappa shape index (κ2) is 39.7. The van der Waals surface area contributed by atoms with Crippen molar-refractivity contribution in [3.8, 4) is 89.8 Å². The van der Waals surface area contributed by atoms with Crippen LogP contribution in [0, 0.1) is 43.3 Å². The van der Waals surface area contributed by atoms with Crippen LogP contribution in [-0.4, -0.2) is 36.6 Å². The van der Waals surface area contributed by atoms with Gasteiger partial charge in [0.1, 0.15) is 0 Å². The molecule has 0 saturated heterocycles. The molecule has 0 atom stereocenters. The van der Waals surface area contributed by atoms with Gasteiger partial charge in [0.25, 0.3) is 0 Å². The van der Waals surface area contributed by atoms with Crippen molar-refractivity contribution in [1.82, 2.24) is 29.9 Å². The Kier molecular flexibility index (Phi) is 30.5. The van der Waals surface area contributed by atoms with Gasteiger partial charge in [-0.05, 0) is 94.2 Å². The molecule has 6 aromatic heterocycles. The first-order valence-corrected chi connectivity index (χ1v) is 28.7. The quantitative estimate of drug-likeness (QED) is 0.127. The molecule has 448 valence electrons. The molecule has 0 aliphatic carbocycles. The SMILES string of the molecule is C.Cc1ccc(-c2cc[c-]c(-c3ccccn3)c2)cc1.FCCc1ccc(-c2cc[c-]c(-c3ccccn3)c2)cc1.[Ir+3].[Ir+3].[c-]1ccccc1-c1ccccn1.[c-]1ccccc1-c1ccccn1.[c-]1ccccc1-c1ccccn1.[c-]1ccccc1-c1ccccn1. The van der Waals surface area contributed by atoms with Crippen LogP contribution in [0.15, 0.2) is 328 Å². The Morgan fingerprint density at radius 1 is 0.275 bits per heavy atom. The van der Waals surface area contributed by atoms with Gasteiger partial charge in [0.05, 0.1) is 6.67 Å². The van der Waals surface area contributed by atoms with Gasteiger partial charge in [-0.1, -0.05) is 134 Å². The minimum atomic E-state index is -0.316. The van der Waals surface area contributed by atoms with E-state index in [0.29, 0.717) is 6.42 Å². The Morgan fingerprint density at radius 3 is 0.791 bits per heavy atom. The molecule has 0 aliphatic rings. The van der Waals surface area contributed by atoms with E-state index < -0.39 is 0 Å². The van der Waals surface area contributed by atoms with Crippen LogP contribution in [0.4, 0.5) is 4.39 Å². The maximum Gasteiger partial charge on any atom is 3.00 e. The molecule has 6 nitrogen and oxygen atoms in total. The summed E-state index contributed by atoms with van der Waals surface area (Å²) in [6.45, 7) is 1.78. The van der Waals surface area contributed by atoms with E-state index in [4.69, 9.17) is 0 Å². The Morgan fingerprint density at radius 2 is 0.538 bits per heavy atom. The Balaban J connectivity index is 0.000000175. The van der Waals surface area contributed by atoms with Crippen LogP contribution < -0.4 is 0 Å². The Labute approximate surface area is 563 Å². The first kappa shape index (κ1) is 70.0. The molecule has 8 aromatic carbocycles. The van der Waals surface area contributed by atoms with Gasteiger partial charge in [-0.3, -0.25) is 4.39 Å². The summed E-state index contributed by atoms with van der Waals surface area (Å²) in [6.07, 6.45) is 11.2. The molecule has 6 heterocycles. The number of rotatable bonds is 10. The third-order valence-electron chi connectivity index (χ3n) is 13.1. The van der Waals surface area contributed by atoms with E-state index in [9.17, 15) is 4.39 Å². The molecule has 14 rings (SSSR count). The predicted octanol–water partition coefficient (Wildman–Crippen LogP) is 20.1. The summed E-state index contributed by atoms with van der Waals surface area (Å²) in [5, 5.41) is 0. The third kappa shape index (κ3) is 23.1. The molecule has 0 fully saturated rings. The fourth-order valence-electron chi connectivity index (χ4n) is 8.65. The standard InChI is InChI=1S/C19H15FN.C18H14N.4C11H8N.CH4.2Ir/c20-12-11-15-7-9-16(10-8-15)17-4-3-5-18(14-17)19-6-1-2-13-21-19;1-14-8-10-15(11-9-14)16-5-4-6-17(13-16)18-7-2-3-12-19-18;4*1-2-6-10(7-3-1)11-8-4-5-9-12-11;;;/h1-4,6-10,13-14H,11-12H2;2-5,7-13H,1H3;4*1-6,8-9H;1H4;;/q6*-1;;2*+3. The van der Waals surface area contributed by atoms with Crippen LogP contribution in [-0.2, 0) is 46.6 Å². The molecule has 0 aliphatic heterocycles. The molecule has 0 radical (unpaired) electrons. The molecular weight excluding hydrogens is 1470 g/mol. The molecule has 14 aromatic rings. The minimum Gasteiger partial charge on any atom is -0.305 e. The van der Waals surface area contributed by atoms with Crippen LogP contribution in [0.2, 0.25) is 0 Å². The molecule has 91 heavy (non-hydrogen) atoms. The van der Waals surface area contributed by atoms with Gasteiger partial charge in [0.15, 0.2) is 0 Å². The smallest absolute Gasteiger partial charge is 0.305 e. The summed E-state index contributed by atoms with van der Waals surface area (Å²) in [5.41, 5.74) is 18.8. The first-order valence-electron chi connectivity index (χ1n) is 28.7. The zero-order chi connectivity index (χ0) is 60.5. The van der Waals surface area contributed by atoms with Crippen LogP contribution in [0.1, 0.15) is 18.6 Å². The summed E-state index contributed by atoms with van der Waals surface area (Å²) < 4.78 is 12.3. The van der Waals surface area contributed by atoms with E-state index in [1.165, 1.54) is 16.7 Å². The zero-order valence-corrected chi connectivity index (χ0v) is 54.1. The van der Waals surface area contributed by atoms with Gasteiger partial charge in [-0.15, -0.1) is 214 Å². The van der Waals surface area contributed by atoms with Gasteiger partial charge < -0.3 is 29.9 Å². The van der Waals surface area contributed by atoms with E-state index in [-0.39, 0.29) is 54.3 Å². The monoisotopic (exact) mass is 1540 g/mol. The predicted molar refractivity (Wildman–Crippen MR) is 363 cm³/mol. The maximum atomic E-state index is 12.3. The van der Waals surface area contributed by atoms with E-state index in [2.05, 4.69) is 116 Å². The van der Waals surface area contributed by atoms with E-state index in [1.807, 2.05) is 255 Å². The Bertz CT molecular complexity index is 3700. The van der Waals surface area contributed by atoms with Crippen LogP contribution in [0.5, 0.6) is 0 Å². The second-order valence-corrected chi connectivity index (χ2v) is 19.4. The summed E-state index contributed by atoms with van der Waals surface area (Å²) in [6, 6.07) is 114. The number of pyridine rings is 6. The maximum absolute atomic E-state index is 12.3. The van der Waals surface area contributed by atoms with Gasteiger partial charge in [-0.25, -0.2) is 0 Å². The van der Waals surface area contributed by atoms with Crippen LogP contribution in [0.25, 0.3) is 89.8 Å². The minimum absolute atomic E-state index is 0. The molecule has 0 unspecified atom stereocenters. The molecular formula is C82H65FIr2N6. The third-order valence-corrected chi connectivity index (χ3v) is 13.1. The average molecular weight is 1540 g/mol. The van der Waals surface area contributed by atoms with Crippen molar-refractivity contribution < 1.29 is 44.6 Å². The topological polar surface area (TPSA) is 77.3 Å². The number of benzene rings is 8. The number of hydrogen-bond donors (Lipinski definition) is 0. The Hall–Kier alpha value is -10.1. The van der Waals surface area contributed by atoms with Crippen molar-refractivity contribution in [2.45, 2.75) is 20.8 Å². The number of hydrogen-bond acceptors (Lipinski definition) is 6. The second-order valence-electron chi connectivity index (χ2n) is 19.4. The number of halogens is 1. The fraction of sp³-hybridized carbons (Fsp3) is 0.0488. The normalized spacial score (nSPS) is 9.69. The van der Waals surface area contributed by atoms with Crippen LogP contribution in [0.3, 0.4) is 0 Å².